The molecular formula is C17H31BrN2O7. The average molecular weight is 455 g/mol. The van der Waals surface area contributed by atoms with E-state index >= 15 is 0 Å². The maximum atomic E-state index is 11.6. The lowest BCUT2D eigenvalue weighted by Crippen LogP contribution is -2.29. The Morgan fingerprint density at radius 2 is 1.11 bits per heavy atom. The Labute approximate surface area is 168 Å². The van der Waals surface area contributed by atoms with E-state index in [0.717, 1.165) is 0 Å². The fourth-order valence-electron chi connectivity index (χ4n) is 1.69. The molecular weight excluding hydrogens is 424 g/mol. The first-order chi connectivity index (χ1) is 13.1. The van der Waals surface area contributed by atoms with E-state index in [1.807, 2.05) is 0 Å². The van der Waals surface area contributed by atoms with Crippen LogP contribution in [0.25, 0.3) is 0 Å². The van der Waals surface area contributed by atoms with Gasteiger partial charge in [-0.2, -0.15) is 0 Å². The summed E-state index contributed by atoms with van der Waals surface area (Å²) in [5, 5.41) is 5.67. The van der Waals surface area contributed by atoms with Gasteiger partial charge in [0.1, 0.15) is 5.78 Å². The molecule has 0 saturated heterocycles. The van der Waals surface area contributed by atoms with Crippen LogP contribution >= 0.6 is 15.9 Å². The monoisotopic (exact) mass is 454 g/mol. The minimum Gasteiger partial charge on any atom is -0.379 e. The third-order valence-corrected chi connectivity index (χ3v) is 3.58. The van der Waals surface area contributed by atoms with Crippen molar-refractivity contribution < 1.29 is 33.3 Å². The summed E-state index contributed by atoms with van der Waals surface area (Å²) in [6, 6.07) is 0. The van der Waals surface area contributed by atoms with Crippen molar-refractivity contribution in [2.24, 2.45) is 0 Å². The second kappa shape index (κ2) is 19.7. The van der Waals surface area contributed by atoms with Gasteiger partial charge in [-0.3, -0.25) is 14.4 Å². The molecule has 0 spiro atoms. The lowest BCUT2D eigenvalue weighted by Gasteiger charge is -2.08. The highest BCUT2D eigenvalue weighted by atomic mass is 79.9. The van der Waals surface area contributed by atoms with Gasteiger partial charge in [-0.15, -0.1) is 0 Å². The first-order valence-electron chi connectivity index (χ1n) is 8.96. The molecule has 0 aliphatic rings. The average Bonchev–Trinajstić information content (AvgIpc) is 2.64. The zero-order valence-electron chi connectivity index (χ0n) is 15.9. The minimum atomic E-state index is -0.102. The van der Waals surface area contributed by atoms with Gasteiger partial charge in [-0.1, -0.05) is 15.9 Å². The maximum Gasteiger partial charge on any atom is 0.230 e. The van der Waals surface area contributed by atoms with Crippen molar-refractivity contribution in [1.82, 2.24) is 10.6 Å². The van der Waals surface area contributed by atoms with Crippen molar-refractivity contribution >= 4 is 33.5 Å². The van der Waals surface area contributed by atoms with Gasteiger partial charge in [-0.25, -0.2) is 0 Å². The van der Waals surface area contributed by atoms with E-state index in [-0.39, 0.29) is 29.3 Å². The molecule has 0 bridgehead atoms. The molecule has 0 aromatic rings. The molecule has 0 heterocycles. The predicted octanol–water partition coefficient (Wildman–Crippen LogP) is 0.0493. The van der Waals surface area contributed by atoms with Crippen LogP contribution in [-0.4, -0.2) is 88.9 Å². The molecule has 158 valence electrons. The van der Waals surface area contributed by atoms with Gasteiger partial charge in [-0.05, 0) is 6.92 Å². The summed E-state index contributed by atoms with van der Waals surface area (Å²) in [5.41, 5.74) is 0. The second-order valence-electron chi connectivity index (χ2n) is 5.49. The van der Waals surface area contributed by atoms with Crippen molar-refractivity contribution in [3.63, 3.8) is 0 Å². The van der Waals surface area contributed by atoms with Gasteiger partial charge in [0.25, 0.3) is 0 Å². The van der Waals surface area contributed by atoms with Gasteiger partial charge in [0.15, 0.2) is 0 Å². The summed E-state index contributed by atoms with van der Waals surface area (Å²) < 4.78 is 21.1. The maximum absolute atomic E-state index is 11.6. The molecule has 2 N–H and O–H groups in total. The molecule has 27 heavy (non-hydrogen) atoms. The summed E-state index contributed by atoms with van der Waals surface area (Å²) >= 11 is 3.05. The number of ether oxygens (including phenoxy) is 4. The van der Waals surface area contributed by atoms with Crippen molar-refractivity contribution in [3.8, 4) is 0 Å². The van der Waals surface area contributed by atoms with Crippen molar-refractivity contribution in [1.29, 1.82) is 0 Å². The van der Waals surface area contributed by atoms with E-state index in [0.29, 0.717) is 72.4 Å². The van der Waals surface area contributed by atoms with Crippen molar-refractivity contribution in [2.45, 2.75) is 19.8 Å². The molecule has 0 radical (unpaired) electrons. The molecule has 2 amide bonds. The summed E-state index contributed by atoms with van der Waals surface area (Å²) in [6.07, 6.45) is 0.690. The van der Waals surface area contributed by atoms with E-state index < -0.39 is 0 Å². The predicted molar refractivity (Wildman–Crippen MR) is 103 cm³/mol. The van der Waals surface area contributed by atoms with E-state index in [9.17, 15) is 14.4 Å². The van der Waals surface area contributed by atoms with E-state index in [2.05, 4.69) is 26.6 Å². The molecule has 0 fully saturated rings. The lowest BCUT2D eigenvalue weighted by molar-refractivity contribution is -0.122. The molecule has 0 unspecified atom stereocenters. The third-order valence-electron chi connectivity index (χ3n) is 3.07. The Morgan fingerprint density at radius 1 is 0.667 bits per heavy atom. The number of halogens is 1. The molecule has 0 aliphatic heterocycles. The van der Waals surface area contributed by atoms with Gasteiger partial charge in [0.2, 0.25) is 11.8 Å². The fraction of sp³-hybridized carbons (Fsp3) is 0.824. The molecule has 0 atom stereocenters. The van der Waals surface area contributed by atoms with Gasteiger partial charge in [0.05, 0.1) is 58.2 Å². The van der Waals surface area contributed by atoms with E-state index in [1.165, 1.54) is 6.92 Å². The van der Waals surface area contributed by atoms with Crippen LogP contribution in [0.5, 0.6) is 0 Å². The molecule has 0 aromatic carbocycles. The molecule has 10 heteroatoms. The summed E-state index contributed by atoms with van der Waals surface area (Å²) in [6.45, 7) is 5.63. The smallest absolute Gasteiger partial charge is 0.230 e. The number of carbonyl (C=O) groups is 3. The fourth-order valence-corrected chi connectivity index (χ4v) is 1.88. The molecule has 0 saturated carbocycles. The van der Waals surface area contributed by atoms with Gasteiger partial charge in [0, 0.05) is 25.9 Å². The molecule has 0 rings (SSSR count). The number of ketones is 1. The Morgan fingerprint density at radius 3 is 1.59 bits per heavy atom. The SMILES string of the molecule is CC(=O)CCOCCOCCNC(=O)CCOCCOCCNC(=O)CBr. The first kappa shape index (κ1) is 25.9. The number of carbonyl (C=O) groups excluding carboxylic acids is 3. The van der Waals surface area contributed by atoms with Crippen molar-refractivity contribution in [2.75, 3.05) is 71.3 Å². The minimum absolute atomic E-state index is 0.0794. The Balaban J connectivity index is 3.22. The van der Waals surface area contributed by atoms with Gasteiger partial charge >= 0.3 is 0 Å². The Kier molecular flexibility index (Phi) is 18.9. The number of alkyl halides is 1. The quantitative estimate of drug-likeness (QED) is 0.209. The number of amides is 2. The second-order valence-corrected chi connectivity index (χ2v) is 6.05. The zero-order valence-corrected chi connectivity index (χ0v) is 17.5. The number of rotatable bonds is 19. The van der Waals surface area contributed by atoms with Crippen LogP contribution in [-0.2, 0) is 33.3 Å². The number of nitrogens with one attached hydrogen (secondary N) is 2. The van der Waals surface area contributed by atoms with Crippen LogP contribution in [0.4, 0.5) is 0 Å². The normalized spacial score (nSPS) is 10.6. The summed E-state index contributed by atoms with van der Waals surface area (Å²) in [5.74, 6) is -0.0787. The standard InChI is InChI=1S/C17H31BrN2O7/c1-15(21)2-6-24-10-12-26-8-4-19-16(22)3-7-25-11-13-27-9-5-20-17(23)14-18/h2-14H2,1H3,(H,19,22)(H,20,23). The van der Waals surface area contributed by atoms with Gasteiger partial charge < -0.3 is 29.6 Å². The highest BCUT2D eigenvalue weighted by molar-refractivity contribution is 9.09. The lowest BCUT2D eigenvalue weighted by atomic mass is 10.3. The first-order valence-corrected chi connectivity index (χ1v) is 10.1. The third kappa shape index (κ3) is 21.1. The van der Waals surface area contributed by atoms with E-state index in [1.54, 1.807) is 0 Å². The van der Waals surface area contributed by atoms with Crippen LogP contribution in [0.15, 0.2) is 0 Å². The Bertz CT molecular complexity index is 411. The summed E-state index contributed by atoms with van der Waals surface area (Å²) in [7, 11) is 0. The molecule has 9 nitrogen and oxygen atoms in total. The topological polar surface area (TPSA) is 112 Å². The van der Waals surface area contributed by atoms with E-state index in [4.69, 9.17) is 18.9 Å². The number of hydrogen-bond donors (Lipinski definition) is 2. The molecule has 0 aliphatic carbocycles. The van der Waals surface area contributed by atoms with Crippen LogP contribution in [0.2, 0.25) is 0 Å². The van der Waals surface area contributed by atoms with Crippen LogP contribution < -0.4 is 10.6 Å². The number of hydrogen-bond acceptors (Lipinski definition) is 7. The highest BCUT2D eigenvalue weighted by Gasteiger charge is 2.01. The number of Topliss-reactive ketones (excluding diaryl/α,β-unsaturated/α-hetero) is 1. The largest absolute Gasteiger partial charge is 0.379 e. The zero-order chi connectivity index (χ0) is 20.2. The van der Waals surface area contributed by atoms with Crippen LogP contribution in [0.3, 0.4) is 0 Å². The Hall–Kier alpha value is -1.07. The van der Waals surface area contributed by atoms with Crippen molar-refractivity contribution in [3.05, 3.63) is 0 Å². The molecule has 0 aromatic heterocycles. The summed E-state index contributed by atoms with van der Waals surface area (Å²) in [4.78, 5) is 33.2. The van der Waals surface area contributed by atoms with Crippen LogP contribution in [0.1, 0.15) is 19.8 Å². The van der Waals surface area contributed by atoms with Crippen LogP contribution in [0, 0.1) is 0 Å². The highest BCUT2D eigenvalue weighted by Crippen LogP contribution is 1.87.